The summed E-state index contributed by atoms with van der Waals surface area (Å²) in [6, 6.07) is 5.55. The van der Waals surface area contributed by atoms with Gasteiger partial charge >= 0.3 is 0 Å². The third-order valence-corrected chi connectivity index (χ3v) is 3.22. The van der Waals surface area contributed by atoms with Gasteiger partial charge < -0.3 is 5.73 Å². The summed E-state index contributed by atoms with van der Waals surface area (Å²) in [5.74, 6) is -0.359. The summed E-state index contributed by atoms with van der Waals surface area (Å²) in [4.78, 5) is 12.9. The maximum atomic E-state index is 11.0. The predicted molar refractivity (Wildman–Crippen MR) is 71.2 cm³/mol. The van der Waals surface area contributed by atoms with Crippen LogP contribution in [0.4, 0.5) is 0 Å². The number of hydrogen-bond acceptors (Lipinski definition) is 2. The summed E-state index contributed by atoms with van der Waals surface area (Å²) >= 11 is 12.2. The van der Waals surface area contributed by atoms with Gasteiger partial charge in [-0.25, -0.2) is 0 Å². The molecule has 0 spiro atoms. The number of carbonyl (C=O) groups is 1. The van der Waals surface area contributed by atoms with Gasteiger partial charge in [-0.2, -0.15) is 0 Å². The average molecular weight is 275 g/mol. The summed E-state index contributed by atoms with van der Waals surface area (Å²) < 4.78 is 0. The van der Waals surface area contributed by atoms with Gasteiger partial charge in [-0.3, -0.25) is 9.69 Å². The molecule has 17 heavy (non-hydrogen) atoms. The minimum absolute atomic E-state index is 0.190. The van der Waals surface area contributed by atoms with Crippen LogP contribution in [0.3, 0.4) is 0 Å². The zero-order chi connectivity index (χ0) is 13.0. The lowest BCUT2D eigenvalue weighted by molar-refractivity contribution is -0.119. The van der Waals surface area contributed by atoms with Crippen molar-refractivity contribution in [1.82, 2.24) is 4.90 Å². The molecule has 0 radical (unpaired) electrons. The van der Waals surface area contributed by atoms with Crippen molar-refractivity contribution in [1.29, 1.82) is 0 Å². The third-order valence-electron chi connectivity index (χ3n) is 2.51. The Labute approximate surface area is 111 Å². The molecule has 0 aliphatic carbocycles. The van der Waals surface area contributed by atoms with E-state index >= 15 is 0 Å². The second kappa shape index (κ2) is 6.24. The highest BCUT2D eigenvalue weighted by Crippen LogP contribution is 2.26. The molecule has 0 aliphatic rings. The van der Waals surface area contributed by atoms with E-state index in [0.717, 1.165) is 5.56 Å². The summed E-state index contributed by atoms with van der Waals surface area (Å²) in [6.07, 6.45) is 0. The molecular formula is C12H16Cl2N2O. The van der Waals surface area contributed by atoms with Crippen LogP contribution in [0.25, 0.3) is 0 Å². The fraction of sp³-hybridized carbons (Fsp3) is 0.417. The standard InChI is InChI=1S/C12H16Cl2N2O/c1-8(2)16(7-12(15)17)6-9-10(13)4-3-5-11(9)14/h3-5,8H,6-7H2,1-2H3,(H2,15,17). The molecule has 0 atom stereocenters. The summed E-state index contributed by atoms with van der Waals surface area (Å²) in [7, 11) is 0. The van der Waals surface area contributed by atoms with Crippen molar-refractivity contribution in [2.24, 2.45) is 5.73 Å². The number of halogens is 2. The van der Waals surface area contributed by atoms with Crippen LogP contribution in [0.2, 0.25) is 10.0 Å². The smallest absolute Gasteiger partial charge is 0.231 e. The molecule has 0 aliphatic heterocycles. The highest BCUT2D eigenvalue weighted by atomic mass is 35.5. The van der Waals surface area contributed by atoms with E-state index in [-0.39, 0.29) is 18.5 Å². The predicted octanol–water partition coefficient (Wildman–Crippen LogP) is 2.69. The third kappa shape index (κ3) is 4.19. The van der Waals surface area contributed by atoms with Gasteiger partial charge in [0.2, 0.25) is 5.91 Å². The van der Waals surface area contributed by atoms with E-state index in [1.165, 1.54) is 0 Å². The number of nitrogens with two attached hydrogens (primary N) is 1. The van der Waals surface area contributed by atoms with E-state index in [4.69, 9.17) is 28.9 Å². The van der Waals surface area contributed by atoms with Crippen LogP contribution in [0.15, 0.2) is 18.2 Å². The van der Waals surface area contributed by atoms with Gasteiger partial charge in [-0.1, -0.05) is 29.3 Å². The van der Waals surface area contributed by atoms with Gasteiger partial charge in [-0.15, -0.1) is 0 Å². The summed E-state index contributed by atoms with van der Waals surface area (Å²) in [6.45, 7) is 4.69. The molecular weight excluding hydrogens is 259 g/mol. The molecule has 0 aromatic heterocycles. The largest absolute Gasteiger partial charge is 0.369 e. The van der Waals surface area contributed by atoms with Crippen molar-refractivity contribution in [3.8, 4) is 0 Å². The first-order chi connectivity index (χ1) is 7.91. The van der Waals surface area contributed by atoms with Crippen molar-refractivity contribution >= 4 is 29.1 Å². The number of primary amides is 1. The van der Waals surface area contributed by atoms with E-state index in [2.05, 4.69) is 0 Å². The van der Waals surface area contributed by atoms with Crippen LogP contribution in [0.5, 0.6) is 0 Å². The summed E-state index contributed by atoms with van der Waals surface area (Å²) in [5, 5.41) is 1.21. The van der Waals surface area contributed by atoms with Crippen molar-refractivity contribution in [2.45, 2.75) is 26.4 Å². The van der Waals surface area contributed by atoms with Crippen molar-refractivity contribution in [3.05, 3.63) is 33.8 Å². The molecule has 0 fully saturated rings. The molecule has 1 aromatic rings. The highest BCUT2D eigenvalue weighted by Gasteiger charge is 2.16. The van der Waals surface area contributed by atoms with Crippen molar-refractivity contribution in [3.63, 3.8) is 0 Å². The molecule has 94 valence electrons. The first-order valence-electron chi connectivity index (χ1n) is 5.37. The van der Waals surface area contributed by atoms with Gasteiger partial charge in [0.25, 0.3) is 0 Å². The topological polar surface area (TPSA) is 46.3 Å². The number of carbonyl (C=O) groups excluding carboxylic acids is 1. The Morgan fingerprint density at radius 1 is 1.35 bits per heavy atom. The molecule has 0 saturated carbocycles. The average Bonchev–Trinajstić information content (AvgIpc) is 2.21. The van der Waals surface area contributed by atoms with Crippen LogP contribution in [0, 0.1) is 0 Å². The van der Waals surface area contributed by atoms with Crippen LogP contribution < -0.4 is 5.73 Å². The number of rotatable bonds is 5. The normalized spacial score (nSPS) is 11.2. The Morgan fingerprint density at radius 2 is 1.88 bits per heavy atom. The first-order valence-corrected chi connectivity index (χ1v) is 6.12. The Kier molecular flexibility index (Phi) is 5.25. The maximum Gasteiger partial charge on any atom is 0.231 e. The fourth-order valence-electron chi connectivity index (χ4n) is 1.51. The van der Waals surface area contributed by atoms with Gasteiger partial charge in [0.1, 0.15) is 0 Å². The van der Waals surface area contributed by atoms with Crippen LogP contribution in [0.1, 0.15) is 19.4 Å². The number of amides is 1. The Balaban J connectivity index is 2.89. The zero-order valence-electron chi connectivity index (χ0n) is 9.91. The highest BCUT2D eigenvalue weighted by molar-refractivity contribution is 6.35. The Bertz CT molecular complexity index is 387. The number of nitrogens with zero attached hydrogens (tertiary/aromatic N) is 1. The number of hydrogen-bond donors (Lipinski definition) is 1. The molecule has 0 bridgehead atoms. The minimum Gasteiger partial charge on any atom is -0.369 e. The SMILES string of the molecule is CC(C)N(CC(N)=O)Cc1c(Cl)cccc1Cl. The molecule has 0 heterocycles. The van der Waals surface area contributed by atoms with Crippen molar-refractivity contribution in [2.75, 3.05) is 6.54 Å². The Morgan fingerprint density at radius 3 is 2.29 bits per heavy atom. The van der Waals surface area contributed by atoms with Gasteiger partial charge in [-0.05, 0) is 26.0 Å². The second-order valence-corrected chi connectivity index (χ2v) is 4.98. The molecule has 5 heteroatoms. The lowest BCUT2D eigenvalue weighted by Crippen LogP contribution is -2.38. The minimum atomic E-state index is -0.359. The molecule has 3 nitrogen and oxygen atoms in total. The molecule has 1 amide bonds. The zero-order valence-corrected chi connectivity index (χ0v) is 11.4. The first kappa shape index (κ1) is 14.3. The second-order valence-electron chi connectivity index (χ2n) is 4.17. The van der Waals surface area contributed by atoms with Gasteiger partial charge in [0, 0.05) is 28.2 Å². The van der Waals surface area contributed by atoms with E-state index < -0.39 is 0 Å². The van der Waals surface area contributed by atoms with Gasteiger partial charge in [0.15, 0.2) is 0 Å². The molecule has 1 rings (SSSR count). The molecule has 1 aromatic carbocycles. The fourth-order valence-corrected chi connectivity index (χ4v) is 2.02. The van der Waals surface area contributed by atoms with E-state index in [0.29, 0.717) is 16.6 Å². The molecule has 0 saturated heterocycles. The Hall–Kier alpha value is -0.770. The quantitative estimate of drug-likeness (QED) is 0.898. The maximum absolute atomic E-state index is 11.0. The molecule has 2 N–H and O–H groups in total. The van der Waals surface area contributed by atoms with Crippen LogP contribution in [-0.4, -0.2) is 23.4 Å². The monoisotopic (exact) mass is 274 g/mol. The van der Waals surface area contributed by atoms with Crippen molar-refractivity contribution < 1.29 is 4.79 Å². The van der Waals surface area contributed by atoms with E-state index in [1.807, 2.05) is 18.7 Å². The van der Waals surface area contributed by atoms with Crippen LogP contribution in [-0.2, 0) is 11.3 Å². The van der Waals surface area contributed by atoms with E-state index in [9.17, 15) is 4.79 Å². The molecule has 0 unspecified atom stereocenters. The number of benzene rings is 1. The lowest BCUT2D eigenvalue weighted by Gasteiger charge is -2.25. The van der Waals surface area contributed by atoms with E-state index in [1.54, 1.807) is 18.2 Å². The summed E-state index contributed by atoms with van der Waals surface area (Å²) in [5.41, 5.74) is 6.04. The van der Waals surface area contributed by atoms with Crippen LogP contribution >= 0.6 is 23.2 Å². The van der Waals surface area contributed by atoms with Gasteiger partial charge in [0.05, 0.1) is 6.54 Å². The lowest BCUT2D eigenvalue weighted by atomic mass is 10.2.